The van der Waals surface area contributed by atoms with Crippen LogP contribution in [0.2, 0.25) is 0 Å². The van der Waals surface area contributed by atoms with Crippen molar-refractivity contribution in [2.75, 3.05) is 13.1 Å². The molecule has 1 aromatic heterocycles. The molecule has 1 aromatic rings. The van der Waals surface area contributed by atoms with Crippen molar-refractivity contribution in [3.63, 3.8) is 0 Å². The molecule has 1 saturated heterocycles. The average molecular weight is 168 g/mol. The maximum absolute atomic E-state index is 10.7. The van der Waals surface area contributed by atoms with Gasteiger partial charge in [-0.05, 0) is 25.9 Å². The van der Waals surface area contributed by atoms with Gasteiger partial charge in [0.1, 0.15) is 0 Å². The summed E-state index contributed by atoms with van der Waals surface area (Å²) in [7, 11) is 0. The molecule has 66 valence electrons. The SMILES string of the molecule is O=c1cc(CN2CCCC2)o[nH]1. The largest absolute Gasteiger partial charge is 0.382 e. The summed E-state index contributed by atoms with van der Waals surface area (Å²) in [4.78, 5) is 13.0. The lowest BCUT2D eigenvalue weighted by molar-refractivity contribution is 0.273. The Balaban J connectivity index is 1.98. The monoisotopic (exact) mass is 168 g/mol. The van der Waals surface area contributed by atoms with E-state index in [9.17, 15) is 4.79 Å². The Morgan fingerprint density at radius 1 is 1.50 bits per heavy atom. The fourth-order valence-electron chi connectivity index (χ4n) is 1.56. The molecule has 1 fully saturated rings. The summed E-state index contributed by atoms with van der Waals surface area (Å²) < 4.78 is 4.95. The molecule has 1 N–H and O–H groups in total. The Bertz CT molecular complexity index is 296. The predicted octanol–water partition coefficient (Wildman–Crippen LogP) is 0.564. The maximum atomic E-state index is 10.7. The normalized spacial score (nSPS) is 18.7. The summed E-state index contributed by atoms with van der Waals surface area (Å²) in [5.74, 6) is 0.738. The van der Waals surface area contributed by atoms with E-state index < -0.39 is 0 Å². The number of aromatic nitrogens is 1. The van der Waals surface area contributed by atoms with Crippen molar-refractivity contribution in [3.05, 3.63) is 22.2 Å². The molecule has 0 atom stereocenters. The quantitative estimate of drug-likeness (QED) is 0.702. The third kappa shape index (κ3) is 1.58. The van der Waals surface area contributed by atoms with E-state index in [2.05, 4.69) is 10.1 Å². The van der Waals surface area contributed by atoms with Crippen molar-refractivity contribution in [2.45, 2.75) is 19.4 Å². The minimum Gasteiger partial charge on any atom is -0.382 e. The van der Waals surface area contributed by atoms with E-state index in [1.165, 1.54) is 18.9 Å². The van der Waals surface area contributed by atoms with Gasteiger partial charge in [-0.2, -0.15) is 5.16 Å². The van der Waals surface area contributed by atoms with Gasteiger partial charge >= 0.3 is 0 Å². The molecule has 2 rings (SSSR count). The molecule has 4 nitrogen and oxygen atoms in total. The summed E-state index contributed by atoms with van der Waals surface area (Å²) in [5.41, 5.74) is -0.149. The van der Waals surface area contributed by atoms with E-state index >= 15 is 0 Å². The summed E-state index contributed by atoms with van der Waals surface area (Å²) in [6, 6.07) is 1.51. The second kappa shape index (κ2) is 3.15. The van der Waals surface area contributed by atoms with E-state index in [0.29, 0.717) is 0 Å². The lowest BCUT2D eigenvalue weighted by Gasteiger charge is -2.10. The van der Waals surface area contributed by atoms with Gasteiger partial charge in [0, 0.05) is 6.07 Å². The minimum absolute atomic E-state index is 0.149. The molecule has 4 heteroatoms. The van der Waals surface area contributed by atoms with E-state index in [-0.39, 0.29) is 5.56 Å². The molecule has 1 aliphatic heterocycles. The van der Waals surface area contributed by atoms with Crippen LogP contribution in [0.25, 0.3) is 0 Å². The zero-order valence-electron chi connectivity index (χ0n) is 6.88. The Morgan fingerprint density at radius 3 is 2.83 bits per heavy atom. The van der Waals surface area contributed by atoms with Gasteiger partial charge in [0.25, 0.3) is 5.56 Å². The molecule has 0 bridgehead atoms. The molecule has 1 aliphatic rings. The molecule has 0 aliphatic carbocycles. The summed E-state index contributed by atoms with van der Waals surface area (Å²) in [5, 5.41) is 2.29. The van der Waals surface area contributed by atoms with Crippen molar-refractivity contribution in [3.8, 4) is 0 Å². The lowest BCUT2D eigenvalue weighted by atomic mass is 10.4. The highest BCUT2D eigenvalue weighted by atomic mass is 16.5. The molecule has 0 radical (unpaired) electrons. The van der Waals surface area contributed by atoms with Crippen molar-refractivity contribution in [1.82, 2.24) is 10.1 Å². The Kier molecular flexibility index (Phi) is 1.99. The summed E-state index contributed by atoms with van der Waals surface area (Å²) in [6.07, 6.45) is 2.52. The van der Waals surface area contributed by atoms with E-state index in [0.717, 1.165) is 25.4 Å². The fourth-order valence-corrected chi connectivity index (χ4v) is 1.56. The number of likely N-dealkylation sites (tertiary alicyclic amines) is 1. The third-order valence-electron chi connectivity index (χ3n) is 2.15. The van der Waals surface area contributed by atoms with Gasteiger partial charge in [0.2, 0.25) is 0 Å². The van der Waals surface area contributed by atoms with E-state index in [1.54, 1.807) is 0 Å². The molecule has 0 amide bonds. The lowest BCUT2D eigenvalue weighted by Crippen LogP contribution is -2.17. The summed E-state index contributed by atoms with van der Waals surface area (Å²) >= 11 is 0. The number of aromatic amines is 1. The average Bonchev–Trinajstić information content (AvgIpc) is 2.63. The van der Waals surface area contributed by atoms with E-state index in [4.69, 9.17) is 4.52 Å². The van der Waals surface area contributed by atoms with E-state index in [1.807, 2.05) is 0 Å². The number of nitrogens with one attached hydrogen (secondary N) is 1. The van der Waals surface area contributed by atoms with Crippen molar-refractivity contribution >= 4 is 0 Å². The zero-order valence-corrected chi connectivity index (χ0v) is 6.88. The molecule has 0 aromatic carbocycles. The molecular weight excluding hydrogens is 156 g/mol. The maximum Gasteiger partial charge on any atom is 0.280 e. The van der Waals surface area contributed by atoms with Gasteiger partial charge < -0.3 is 4.52 Å². The molecule has 12 heavy (non-hydrogen) atoms. The van der Waals surface area contributed by atoms with Crippen LogP contribution in [-0.4, -0.2) is 23.1 Å². The first kappa shape index (κ1) is 7.61. The van der Waals surface area contributed by atoms with Gasteiger partial charge in [0.05, 0.1) is 6.54 Å². The van der Waals surface area contributed by atoms with Crippen LogP contribution in [0.15, 0.2) is 15.4 Å². The number of H-pyrrole nitrogens is 1. The molecule has 2 heterocycles. The van der Waals surface area contributed by atoms with Crippen LogP contribution in [0, 0.1) is 0 Å². The molecule has 0 spiro atoms. The zero-order chi connectivity index (χ0) is 8.39. The first-order valence-corrected chi connectivity index (χ1v) is 4.24. The van der Waals surface area contributed by atoms with Crippen molar-refractivity contribution in [2.24, 2.45) is 0 Å². The van der Waals surface area contributed by atoms with Crippen LogP contribution in [0.1, 0.15) is 18.6 Å². The fraction of sp³-hybridized carbons (Fsp3) is 0.625. The number of hydrogen-bond donors (Lipinski definition) is 1. The van der Waals surface area contributed by atoms with Gasteiger partial charge in [-0.3, -0.25) is 9.69 Å². The van der Waals surface area contributed by atoms with Gasteiger partial charge in [-0.15, -0.1) is 0 Å². The van der Waals surface area contributed by atoms with Gasteiger partial charge in [-0.1, -0.05) is 0 Å². The number of rotatable bonds is 2. The number of hydrogen-bond acceptors (Lipinski definition) is 3. The number of nitrogens with zero attached hydrogens (tertiary/aromatic N) is 1. The molecular formula is C8H12N2O2. The topological polar surface area (TPSA) is 49.2 Å². The van der Waals surface area contributed by atoms with Crippen LogP contribution < -0.4 is 5.56 Å². The second-order valence-corrected chi connectivity index (χ2v) is 3.16. The highest BCUT2D eigenvalue weighted by molar-refractivity contribution is 4.93. The molecule has 0 unspecified atom stereocenters. The first-order chi connectivity index (χ1) is 5.84. The summed E-state index contributed by atoms with van der Waals surface area (Å²) in [6.45, 7) is 3.00. The Labute approximate surface area is 70.1 Å². The Hall–Kier alpha value is -1.03. The minimum atomic E-state index is -0.149. The van der Waals surface area contributed by atoms with Crippen LogP contribution >= 0.6 is 0 Å². The smallest absolute Gasteiger partial charge is 0.280 e. The van der Waals surface area contributed by atoms with Crippen LogP contribution in [0.4, 0.5) is 0 Å². The highest BCUT2D eigenvalue weighted by Crippen LogP contribution is 2.10. The van der Waals surface area contributed by atoms with Crippen molar-refractivity contribution in [1.29, 1.82) is 0 Å². The Morgan fingerprint density at radius 2 is 2.25 bits per heavy atom. The predicted molar refractivity (Wildman–Crippen MR) is 43.8 cm³/mol. The third-order valence-corrected chi connectivity index (χ3v) is 2.15. The second-order valence-electron chi connectivity index (χ2n) is 3.16. The van der Waals surface area contributed by atoms with Gasteiger partial charge in [0.15, 0.2) is 5.76 Å². The van der Waals surface area contributed by atoms with Gasteiger partial charge in [-0.25, -0.2) is 0 Å². The standard InChI is InChI=1S/C8H12N2O2/c11-8-5-7(12-9-8)6-10-3-1-2-4-10/h5H,1-4,6H2,(H,9,11). The van der Waals surface area contributed by atoms with Crippen LogP contribution in [-0.2, 0) is 6.54 Å². The van der Waals surface area contributed by atoms with Crippen molar-refractivity contribution < 1.29 is 4.52 Å². The molecule has 0 saturated carbocycles. The van der Waals surface area contributed by atoms with Crippen LogP contribution in [0.5, 0.6) is 0 Å². The van der Waals surface area contributed by atoms with Crippen LogP contribution in [0.3, 0.4) is 0 Å². The first-order valence-electron chi connectivity index (χ1n) is 4.24. The highest BCUT2D eigenvalue weighted by Gasteiger charge is 2.13.